The number of nitrogens with two attached hydrogens (primary N) is 1. The van der Waals surface area contributed by atoms with Gasteiger partial charge in [-0.15, -0.1) is 0 Å². The van der Waals surface area contributed by atoms with E-state index in [1.165, 1.54) is 13.3 Å². The second-order valence-corrected chi connectivity index (χ2v) is 6.26. The molecule has 0 aliphatic carbocycles. The number of methoxy groups -OCH3 is 1. The fraction of sp³-hybridized carbons (Fsp3) is 0.263. The number of aromatic nitrogens is 2. The van der Waals surface area contributed by atoms with Gasteiger partial charge in [0.2, 0.25) is 0 Å². The number of carbonyl (C=O) groups is 1. The number of halogens is 1. The molecule has 0 spiro atoms. The van der Waals surface area contributed by atoms with E-state index >= 15 is 4.39 Å². The Kier molecular flexibility index (Phi) is 4.41. The van der Waals surface area contributed by atoms with Gasteiger partial charge in [0.05, 0.1) is 37.1 Å². The number of ether oxygens (including phenoxy) is 2. The van der Waals surface area contributed by atoms with Gasteiger partial charge in [0.15, 0.2) is 5.82 Å². The van der Waals surface area contributed by atoms with E-state index in [9.17, 15) is 4.79 Å². The van der Waals surface area contributed by atoms with Gasteiger partial charge in [-0.2, -0.15) is 0 Å². The highest BCUT2D eigenvalue weighted by Gasteiger charge is 2.21. The van der Waals surface area contributed by atoms with E-state index in [4.69, 9.17) is 15.2 Å². The lowest BCUT2D eigenvalue weighted by atomic mass is 10.1. The molecule has 1 aromatic carbocycles. The molecule has 0 saturated carbocycles. The molecule has 4 rings (SSSR count). The number of hydrogen-bond donors (Lipinski definition) is 2. The number of morpholine rings is 1. The van der Waals surface area contributed by atoms with Crippen LogP contribution in [0.1, 0.15) is 10.4 Å². The number of fused-ring (bicyclic) bond motifs is 1. The molecule has 3 heterocycles. The van der Waals surface area contributed by atoms with Gasteiger partial charge in [0, 0.05) is 35.9 Å². The quantitative estimate of drug-likeness (QED) is 0.689. The third-order valence-corrected chi connectivity index (χ3v) is 4.72. The van der Waals surface area contributed by atoms with E-state index in [2.05, 4.69) is 9.97 Å². The number of anilines is 2. The smallest absolute Gasteiger partial charge is 0.340 e. The number of pyridine rings is 1. The number of benzene rings is 1. The maximum Gasteiger partial charge on any atom is 0.340 e. The summed E-state index contributed by atoms with van der Waals surface area (Å²) in [7, 11) is 1.30. The average molecular weight is 370 g/mol. The van der Waals surface area contributed by atoms with E-state index in [0.717, 1.165) is 0 Å². The molecule has 3 aromatic rings. The Morgan fingerprint density at radius 3 is 2.89 bits per heavy atom. The van der Waals surface area contributed by atoms with E-state index in [0.29, 0.717) is 54.2 Å². The summed E-state index contributed by atoms with van der Waals surface area (Å²) >= 11 is 0. The number of nitrogen functional groups attached to an aromatic ring is 1. The third kappa shape index (κ3) is 2.97. The predicted octanol–water partition coefficient (Wildman–Crippen LogP) is 2.57. The van der Waals surface area contributed by atoms with Crippen molar-refractivity contribution in [2.75, 3.05) is 44.0 Å². The second kappa shape index (κ2) is 6.88. The molecular formula is C19H19FN4O3. The fourth-order valence-electron chi connectivity index (χ4n) is 3.33. The average Bonchev–Trinajstić information content (AvgIpc) is 3.14. The Labute approximate surface area is 154 Å². The number of rotatable bonds is 3. The summed E-state index contributed by atoms with van der Waals surface area (Å²) in [5.41, 5.74) is 8.11. The standard InChI is InChI=1S/C19H19FN4O3/c1-26-19(25)13-10-22-18(21)17-12(13)9-14(23-17)11-3-2-4-15(16(11)20)24-5-7-27-8-6-24/h2-4,9-10,23H,5-8H2,1H3,(H2,21,22). The lowest BCUT2D eigenvalue weighted by Crippen LogP contribution is -2.36. The van der Waals surface area contributed by atoms with Crippen molar-refractivity contribution in [2.24, 2.45) is 0 Å². The van der Waals surface area contributed by atoms with Crippen molar-refractivity contribution in [1.82, 2.24) is 9.97 Å². The highest BCUT2D eigenvalue weighted by molar-refractivity contribution is 6.07. The Bertz CT molecular complexity index is 1010. The Morgan fingerprint density at radius 2 is 2.15 bits per heavy atom. The monoisotopic (exact) mass is 370 g/mol. The van der Waals surface area contributed by atoms with E-state index < -0.39 is 5.97 Å². The van der Waals surface area contributed by atoms with Gasteiger partial charge >= 0.3 is 5.97 Å². The van der Waals surface area contributed by atoms with Crippen molar-refractivity contribution in [3.8, 4) is 11.3 Å². The molecular weight excluding hydrogens is 351 g/mol. The van der Waals surface area contributed by atoms with E-state index in [1.807, 2.05) is 4.90 Å². The van der Waals surface area contributed by atoms with Gasteiger partial charge in [-0.05, 0) is 18.2 Å². The Morgan fingerprint density at radius 1 is 1.37 bits per heavy atom. The molecule has 0 atom stereocenters. The zero-order valence-electron chi connectivity index (χ0n) is 14.8. The van der Waals surface area contributed by atoms with Crippen LogP contribution in [-0.4, -0.2) is 49.4 Å². The number of hydrogen-bond acceptors (Lipinski definition) is 6. The van der Waals surface area contributed by atoms with Gasteiger partial charge in [-0.3, -0.25) is 0 Å². The largest absolute Gasteiger partial charge is 0.465 e. The first-order valence-electron chi connectivity index (χ1n) is 8.57. The zero-order valence-corrected chi connectivity index (χ0v) is 14.8. The van der Waals surface area contributed by atoms with Gasteiger partial charge in [0.25, 0.3) is 0 Å². The molecule has 2 aromatic heterocycles. The minimum Gasteiger partial charge on any atom is -0.465 e. The SMILES string of the molecule is COC(=O)c1cnc(N)c2[nH]c(-c3cccc(N4CCOCC4)c3F)cc12. The molecule has 1 aliphatic rings. The number of esters is 1. The molecule has 8 heteroatoms. The van der Waals surface area contributed by atoms with E-state index in [-0.39, 0.29) is 17.2 Å². The van der Waals surface area contributed by atoms with Crippen LogP contribution in [0.5, 0.6) is 0 Å². The predicted molar refractivity (Wildman–Crippen MR) is 100 cm³/mol. The van der Waals surface area contributed by atoms with Gasteiger partial charge in [0.1, 0.15) is 5.82 Å². The summed E-state index contributed by atoms with van der Waals surface area (Å²) in [4.78, 5) is 21.1. The van der Waals surface area contributed by atoms with Crippen LogP contribution in [0.2, 0.25) is 0 Å². The summed E-state index contributed by atoms with van der Waals surface area (Å²) in [5, 5.41) is 0.542. The Hall–Kier alpha value is -3.13. The molecule has 1 fully saturated rings. The highest BCUT2D eigenvalue weighted by atomic mass is 19.1. The van der Waals surface area contributed by atoms with Crippen molar-refractivity contribution in [3.63, 3.8) is 0 Å². The molecule has 7 nitrogen and oxygen atoms in total. The lowest BCUT2D eigenvalue weighted by molar-refractivity contribution is 0.0602. The normalized spacial score (nSPS) is 14.5. The molecule has 27 heavy (non-hydrogen) atoms. The molecule has 1 saturated heterocycles. The minimum absolute atomic E-state index is 0.230. The fourth-order valence-corrected chi connectivity index (χ4v) is 3.33. The number of carbonyl (C=O) groups excluding carboxylic acids is 1. The summed E-state index contributed by atoms with van der Waals surface area (Å²) in [6, 6.07) is 6.94. The second-order valence-electron chi connectivity index (χ2n) is 6.26. The van der Waals surface area contributed by atoms with Crippen LogP contribution >= 0.6 is 0 Å². The van der Waals surface area contributed by atoms with Crippen molar-refractivity contribution in [2.45, 2.75) is 0 Å². The van der Waals surface area contributed by atoms with Crippen molar-refractivity contribution in [3.05, 3.63) is 41.8 Å². The van der Waals surface area contributed by atoms with Crippen LogP contribution in [0, 0.1) is 5.82 Å². The molecule has 0 unspecified atom stereocenters. The van der Waals surface area contributed by atoms with Crippen molar-refractivity contribution < 1.29 is 18.7 Å². The van der Waals surface area contributed by atoms with Crippen LogP contribution in [0.15, 0.2) is 30.5 Å². The molecule has 3 N–H and O–H groups in total. The van der Waals surface area contributed by atoms with Gasteiger partial charge in [-0.1, -0.05) is 6.07 Å². The zero-order chi connectivity index (χ0) is 19.0. The summed E-state index contributed by atoms with van der Waals surface area (Å²) in [6.45, 7) is 2.41. The van der Waals surface area contributed by atoms with Crippen LogP contribution < -0.4 is 10.6 Å². The topological polar surface area (TPSA) is 93.5 Å². The van der Waals surface area contributed by atoms with Gasteiger partial charge in [-0.25, -0.2) is 14.2 Å². The van der Waals surface area contributed by atoms with E-state index in [1.54, 1.807) is 24.3 Å². The number of nitrogens with one attached hydrogen (secondary N) is 1. The summed E-state index contributed by atoms with van der Waals surface area (Å²) in [6.07, 6.45) is 1.36. The number of H-pyrrole nitrogens is 1. The molecule has 0 amide bonds. The first kappa shape index (κ1) is 17.3. The lowest BCUT2D eigenvalue weighted by Gasteiger charge is -2.29. The summed E-state index contributed by atoms with van der Waals surface area (Å²) in [5.74, 6) is -0.633. The van der Waals surface area contributed by atoms with Crippen molar-refractivity contribution >= 4 is 28.4 Å². The highest BCUT2D eigenvalue weighted by Crippen LogP contribution is 2.33. The summed E-state index contributed by atoms with van der Waals surface area (Å²) < 4.78 is 25.4. The van der Waals surface area contributed by atoms with Gasteiger partial charge < -0.3 is 25.1 Å². The first-order chi connectivity index (χ1) is 13.1. The van der Waals surface area contributed by atoms with Crippen LogP contribution in [0.25, 0.3) is 22.2 Å². The molecule has 1 aliphatic heterocycles. The molecule has 0 radical (unpaired) electrons. The first-order valence-corrected chi connectivity index (χ1v) is 8.57. The molecule has 0 bridgehead atoms. The maximum absolute atomic E-state index is 15.3. The Balaban J connectivity index is 1.83. The van der Waals surface area contributed by atoms with Crippen molar-refractivity contribution in [1.29, 1.82) is 0 Å². The number of aromatic amines is 1. The van der Waals surface area contributed by atoms with Crippen LogP contribution in [-0.2, 0) is 9.47 Å². The minimum atomic E-state index is -0.527. The van der Waals surface area contributed by atoms with Crippen LogP contribution in [0.4, 0.5) is 15.9 Å². The maximum atomic E-state index is 15.3. The number of nitrogens with zero attached hydrogens (tertiary/aromatic N) is 2. The molecule has 140 valence electrons. The van der Waals surface area contributed by atoms with Crippen LogP contribution in [0.3, 0.4) is 0 Å². The third-order valence-electron chi connectivity index (χ3n) is 4.72.